The summed E-state index contributed by atoms with van der Waals surface area (Å²) in [5.74, 6) is -0.691. The summed E-state index contributed by atoms with van der Waals surface area (Å²) in [5.41, 5.74) is -0.337. The van der Waals surface area contributed by atoms with E-state index < -0.39 is 10.8 Å². The van der Waals surface area contributed by atoms with E-state index in [4.69, 9.17) is 21.1 Å². The Morgan fingerprint density at radius 1 is 1.38 bits per heavy atom. The Morgan fingerprint density at radius 3 is 2.50 bits per heavy atom. The van der Waals surface area contributed by atoms with Gasteiger partial charge in [-0.05, 0) is 12.1 Å². The predicted molar refractivity (Wildman–Crippen MR) is 95.8 cm³/mol. The summed E-state index contributed by atoms with van der Waals surface area (Å²) in [6.07, 6.45) is 1.40. The minimum atomic E-state index is -0.691. The summed E-state index contributed by atoms with van der Waals surface area (Å²) < 4.78 is 10.00. The molecule has 0 saturated carbocycles. The normalized spacial score (nSPS) is 10.9. The van der Waals surface area contributed by atoms with E-state index in [0.29, 0.717) is 26.3 Å². The molecule has 0 aromatic heterocycles. The Labute approximate surface area is 155 Å². The van der Waals surface area contributed by atoms with Gasteiger partial charge >= 0.3 is 0 Å². The first-order valence-corrected chi connectivity index (χ1v) is 7.89. The average molecular weight is 383 g/mol. The number of benzene rings is 1. The first kappa shape index (κ1) is 21.4. The number of methoxy groups -OCH3 is 2. The molecular weight excluding hydrogens is 364 g/mol. The van der Waals surface area contributed by atoms with Crippen LogP contribution in [0.4, 0.5) is 11.4 Å². The lowest BCUT2D eigenvalue weighted by molar-refractivity contribution is -0.384. The molecule has 0 radical (unpaired) electrons. The average Bonchev–Trinajstić information content (AvgIpc) is 2.62. The van der Waals surface area contributed by atoms with E-state index in [1.165, 1.54) is 18.3 Å². The third-order valence-electron chi connectivity index (χ3n) is 3.24. The Bertz CT molecular complexity index is 709. The molecule has 1 aromatic carbocycles. The number of nitriles is 1. The SMILES string of the molecule is COCCN(/C=C(/C#N)C(=O)Nc1ccc(Cl)c([N+](=O)[O-])c1)CCOC. The number of carbonyl (C=O) groups is 1. The number of ether oxygens (including phenoxy) is 2. The van der Waals surface area contributed by atoms with Crippen LogP contribution in [0.5, 0.6) is 0 Å². The predicted octanol–water partition coefficient (Wildman–Crippen LogP) is 2.19. The zero-order chi connectivity index (χ0) is 19.5. The van der Waals surface area contributed by atoms with Gasteiger partial charge in [-0.1, -0.05) is 11.6 Å². The van der Waals surface area contributed by atoms with Crippen LogP contribution in [0.15, 0.2) is 30.0 Å². The number of nitrogens with one attached hydrogen (secondary N) is 1. The van der Waals surface area contributed by atoms with Gasteiger partial charge in [0.2, 0.25) is 0 Å². The van der Waals surface area contributed by atoms with E-state index in [-0.39, 0.29) is 22.0 Å². The van der Waals surface area contributed by atoms with Crippen molar-refractivity contribution in [2.45, 2.75) is 0 Å². The van der Waals surface area contributed by atoms with E-state index in [9.17, 15) is 20.2 Å². The van der Waals surface area contributed by atoms with Gasteiger partial charge in [-0.25, -0.2) is 0 Å². The number of anilines is 1. The van der Waals surface area contributed by atoms with Gasteiger partial charge in [0, 0.05) is 45.3 Å². The largest absolute Gasteiger partial charge is 0.383 e. The maximum absolute atomic E-state index is 12.3. The molecule has 26 heavy (non-hydrogen) atoms. The van der Waals surface area contributed by atoms with Crippen molar-refractivity contribution >= 4 is 28.9 Å². The van der Waals surface area contributed by atoms with Gasteiger partial charge in [-0.3, -0.25) is 14.9 Å². The van der Waals surface area contributed by atoms with E-state index >= 15 is 0 Å². The molecule has 10 heteroatoms. The monoisotopic (exact) mass is 382 g/mol. The van der Waals surface area contributed by atoms with Crippen LogP contribution >= 0.6 is 11.6 Å². The van der Waals surface area contributed by atoms with Crippen molar-refractivity contribution in [1.29, 1.82) is 5.26 Å². The molecule has 9 nitrogen and oxygen atoms in total. The van der Waals surface area contributed by atoms with Crippen molar-refractivity contribution in [2.75, 3.05) is 45.8 Å². The molecule has 0 saturated heterocycles. The second-order valence-electron chi connectivity index (χ2n) is 5.05. The highest BCUT2D eigenvalue weighted by atomic mass is 35.5. The molecule has 0 fully saturated rings. The molecule has 1 rings (SSSR count). The molecule has 0 spiro atoms. The maximum Gasteiger partial charge on any atom is 0.289 e. The van der Waals surface area contributed by atoms with Crippen molar-refractivity contribution in [3.8, 4) is 6.07 Å². The summed E-state index contributed by atoms with van der Waals surface area (Å²) in [6, 6.07) is 5.66. The molecule has 1 aromatic rings. The topological polar surface area (TPSA) is 118 Å². The number of nitro benzene ring substituents is 1. The molecule has 0 bridgehead atoms. The third kappa shape index (κ3) is 6.68. The van der Waals surface area contributed by atoms with Gasteiger partial charge in [-0.15, -0.1) is 0 Å². The molecular formula is C16H19ClN4O5. The molecule has 1 N–H and O–H groups in total. The van der Waals surface area contributed by atoms with Crippen LogP contribution in [-0.4, -0.2) is 56.3 Å². The lowest BCUT2D eigenvalue weighted by Gasteiger charge is -2.20. The zero-order valence-corrected chi connectivity index (χ0v) is 15.2. The van der Waals surface area contributed by atoms with Crippen molar-refractivity contribution in [3.05, 3.63) is 45.1 Å². The van der Waals surface area contributed by atoms with Crippen LogP contribution in [0.1, 0.15) is 0 Å². The highest BCUT2D eigenvalue weighted by Gasteiger charge is 2.16. The Kier molecular flexibility index (Phi) is 9.08. The molecule has 0 atom stereocenters. The van der Waals surface area contributed by atoms with Crippen molar-refractivity contribution in [1.82, 2.24) is 4.90 Å². The number of amides is 1. The van der Waals surface area contributed by atoms with Gasteiger partial charge in [0.15, 0.2) is 0 Å². The number of hydrogen-bond acceptors (Lipinski definition) is 7. The van der Waals surface area contributed by atoms with Crippen LogP contribution in [0.2, 0.25) is 5.02 Å². The summed E-state index contributed by atoms with van der Waals surface area (Å²) in [6.45, 7) is 1.74. The van der Waals surface area contributed by atoms with Crippen LogP contribution < -0.4 is 5.32 Å². The molecule has 0 unspecified atom stereocenters. The number of nitro groups is 1. The second kappa shape index (κ2) is 11.0. The minimum Gasteiger partial charge on any atom is -0.383 e. The number of halogens is 1. The molecule has 1 amide bonds. The highest BCUT2D eigenvalue weighted by molar-refractivity contribution is 6.32. The van der Waals surface area contributed by atoms with Crippen molar-refractivity contribution in [2.24, 2.45) is 0 Å². The Morgan fingerprint density at radius 2 is 2.00 bits per heavy atom. The van der Waals surface area contributed by atoms with Crippen molar-refractivity contribution in [3.63, 3.8) is 0 Å². The van der Waals surface area contributed by atoms with Gasteiger partial charge in [0.1, 0.15) is 16.7 Å². The maximum atomic E-state index is 12.3. The van der Waals surface area contributed by atoms with E-state index in [1.54, 1.807) is 19.1 Å². The molecule has 0 aliphatic carbocycles. The summed E-state index contributed by atoms with van der Waals surface area (Å²) in [5, 5.41) is 22.6. The lowest BCUT2D eigenvalue weighted by atomic mass is 10.2. The number of hydrogen-bond donors (Lipinski definition) is 1. The smallest absolute Gasteiger partial charge is 0.289 e. The summed E-state index contributed by atoms with van der Waals surface area (Å²) >= 11 is 5.73. The summed E-state index contributed by atoms with van der Waals surface area (Å²) in [7, 11) is 3.09. The quantitative estimate of drug-likeness (QED) is 0.285. The second-order valence-corrected chi connectivity index (χ2v) is 5.46. The van der Waals surface area contributed by atoms with Crippen LogP contribution in [0, 0.1) is 21.4 Å². The molecule has 0 aliphatic rings. The van der Waals surface area contributed by atoms with E-state index in [1.807, 2.05) is 6.07 Å². The Hall–Kier alpha value is -2.67. The fourth-order valence-electron chi connectivity index (χ4n) is 1.91. The Balaban J connectivity index is 2.95. The first-order valence-electron chi connectivity index (χ1n) is 7.52. The third-order valence-corrected chi connectivity index (χ3v) is 3.56. The van der Waals surface area contributed by atoms with Gasteiger partial charge in [0.05, 0.1) is 18.1 Å². The van der Waals surface area contributed by atoms with E-state index in [2.05, 4.69) is 5.32 Å². The van der Waals surface area contributed by atoms with Gasteiger partial charge in [-0.2, -0.15) is 5.26 Å². The standard InChI is InChI=1S/C16H19ClN4O5/c1-25-7-5-20(6-8-26-2)11-12(10-18)16(22)19-13-3-4-14(17)15(9-13)21(23)24/h3-4,9,11H,5-8H2,1-2H3,(H,19,22)/b12-11-. The summed E-state index contributed by atoms with van der Waals surface area (Å²) in [4.78, 5) is 24.3. The fourth-order valence-corrected chi connectivity index (χ4v) is 2.09. The first-order chi connectivity index (χ1) is 12.4. The number of rotatable bonds is 10. The van der Waals surface area contributed by atoms with Crippen LogP contribution in [0.3, 0.4) is 0 Å². The molecule has 0 heterocycles. The van der Waals surface area contributed by atoms with Gasteiger partial charge in [0.25, 0.3) is 11.6 Å². The zero-order valence-electron chi connectivity index (χ0n) is 14.4. The molecule has 0 aliphatic heterocycles. The van der Waals surface area contributed by atoms with Crippen LogP contribution in [-0.2, 0) is 14.3 Å². The van der Waals surface area contributed by atoms with E-state index in [0.717, 1.165) is 6.07 Å². The minimum absolute atomic E-state index is 0.0469. The van der Waals surface area contributed by atoms with Crippen LogP contribution in [0.25, 0.3) is 0 Å². The molecule has 140 valence electrons. The lowest BCUT2D eigenvalue weighted by Crippen LogP contribution is -2.27. The number of carbonyl (C=O) groups excluding carboxylic acids is 1. The van der Waals surface area contributed by atoms with Gasteiger partial charge < -0.3 is 19.7 Å². The van der Waals surface area contributed by atoms with Crippen molar-refractivity contribution < 1.29 is 19.2 Å². The number of nitrogens with zero attached hydrogens (tertiary/aromatic N) is 3. The fraction of sp³-hybridized carbons (Fsp3) is 0.375. The highest BCUT2D eigenvalue weighted by Crippen LogP contribution is 2.27.